The van der Waals surface area contributed by atoms with Crippen LogP contribution in [-0.4, -0.2) is 25.1 Å². The average molecular weight is 395 g/mol. The van der Waals surface area contributed by atoms with Gasteiger partial charge in [-0.15, -0.1) is 0 Å². The number of amides is 3. The molecular formula is C11H13Br2N3O3. The molecule has 0 atom stereocenters. The van der Waals surface area contributed by atoms with Crippen LogP contribution in [0.5, 0.6) is 5.75 Å². The summed E-state index contributed by atoms with van der Waals surface area (Å²) in [5.74, 6) is 0.0810. The SMILES string of the molecule is CCNC(=O)NNC(=O)COc1ccc(Br)cc1Br. The van der Waals surface area contributed by atoms with Crippen LogP contribution in [0.4, 0.5) is 4.79 Å². The van der Waals surface area contributed by atoms with Gasteiger partial charge in [0.25, 0.3) is 5.91 Å². The van der Waals surface area contributed by atoms with E-state index in [1.165, 1.54) is 0 Å². The average Bonchev–Trinajstić information content (AvgIpc) is 2.35. The quantitative estimate of drug-likeness (QED) is 0.682. The molecule has 6 nitrogen and oxygen atoms in total. The zero-order chi connectivity index (χ0) is 14.3. The Morgan fingerprint density at radius 2 is 2.00 bits per heavy atom. The molecule has 0 bridgehead atoms. The van der Waals surface area contributed by atoms with E-state index in [0.717, 1.165) is 8.95 Å². The zero-order valence-corrected chi connectivity index (χ0v) is 13.3. The number of carbonyl (C=O) groups excluding carboxylic acids is 2. The van der Waals surface area contributed by atoms with E-state index in [4.69, 9.17) is 4.74 Å². The Morgan fingerprint density at radius 3 is 2.63 bits per heavy atom. The topological polar surface area (TPSA) is 79.5 Å². The van der Waals surface area contributed by atoms with Crippen molar-refractivity contribution in [2.24, 2.45) is 0 Å². The fourth-order valence-electron chi connectivity index (χ4n) is 1.10. The molecular weight excluding hydrogens is 382 g/mol. The molecule has 0 aromatic heterocycles. The summed E-state index contributed by atoms with van der Waals surface area (Å²) in [5.41, 5.74) is 4.41. The fourth-order valence-corrected chi connectivity index (χ4v) is 2.26. The predicted octanol–water partition coefficient (Wildman–Crippen LogP) is 1.94. The highest BCUT2D eigenvalue weighted by atomic mass is 79.9. The maximum atomic E-state index is 11.4. The smallest absolute Gasteiger partial charge is 0.333 e. The summed E-state index contributed by atoms with van der Waals surface area (Å²) in [6.45, 7) is 2.05. The molecule has 0 saturated heterocycles. The van der Waals surface area contributed by atoms with Gasteiger partial charge in [0.2, 0.25) is 0 Å². The van der Waals surface area contributed by atoms with E-state index < -0.39 is 11.9 Å². The molecule has 0 unspecified atom stereocenters. The second kappa shape index (κ2) is 8.00. The first kappa shape index (κ1) is 15.8. The number of urea groups is 1. The van der Waals surface area contributed by atoms with Gasteiger partial charge in [0.15, 0.2) is 6.61 Å². The van der Waals surface area contributed by atoms with Crippen LogP contribution >= 0.6 is 31.9 Å². The number of nitrogens with one attached hydrogen (secondary N) is 3. The van der Waals surface area contributed by atoms with E-state index in [9.17, 15) is 9.59 Å². The lowest BCUT2D eigenvalue weighted by molar-refractivity contribution is -0.123. The van der Waals surface area contributed by atoms with Crippen molar-refractivity contribution in [1.29, 1.82) is 0 Å². The van der Waals surface area contributed by atoms with Crippen LogP contribution in [0, 0.1) is 0 Å². The van der Waals surface area contributed by atoms with Crippen molar-refractivity contribution in [1.82, 2.24) is 16.2 Å². The molecule has 8 heteroatoms. The van der Waals surface area contributed by atoms with Crippen LogP contribution in [0.2, 0.25) is 0 Å². The summed E-state index contributed by atoms with van der Waals surface area (Å²) in [6, 6.07) is 4.85. The zero-order valence-electron chi connectivity index (χ0n) is 10.1. The van der Waals surface area contributed by atoms with Gasteiger partial charge >= 0.3 is 6.03 Å². The summed E-state index contributed by atoms with van der Waals surface area (Å²) in [7, 11) is 0. The first-order valence-electron chi connectivity index (χ1n) is 5.43. The molecule has 1 aromatic carbocycles. The van der Waals surface area contributed by atoms with E-state index in [0.29, 0.717) is 12.3 Å². The Morgan fingerprint density at radius 1 is 1.26 bits per heavy atom. The van der Waals surface area contributed by atoms with E-state index in [1.54, 1.807) is 25.1 Å². The van der Waals surface area contributed by atoms with Gasteiger partial charge in [-0.2, -0.15) is 0 Å². The van der Waals surface area contributed by atoms with Crippen molar-refractivity contribution in [3.8, 4) is 5.75 Å². The first-order chi connectivity index (χ1) is 9.02. The van der Waals surface area contributed by atoms with Crippen molar-refractivity contribution in [3.05, 3.63) is 27.1 Å². The molecule has 1 rings (SSSR count). The molecule has 3 amide bonds. The molecule has 0 spiro atoms. The number of halogens is 2. The largest absolute Gasteiger partial charge is 0.483 e. The standard InChI is InChI=1S/C11H13Br2N3O3/c1-2-14-11(18)16-15-10(17)6-19-9-4-3-7(12)5-8(9)13/h3-5H,2,6H2,1H3,(H,15,17)(H2,14,16,18). The molecule has 19 heavy (non-hydrogen) atoms. The van der Waals surface area contributed by atoms with Crippen LogP contribution in [0.25, 0.3) is 0 Å². The van der Waals surface area contributed by atoms with Crippen LogP contribution in [0.3, 0.4) is 0 Å². The number of hydrazine groups is 1. The van der Waals surface area contributed by atoms with Gasteiger partial charge in [-0.1, -0.05) is 15.9 Å². The molecule has 1 aromatic rings. The molecule has 3 N–H and O–H groups in total. The Kier molecular flexibility index (Phi) is 6.65. The number of benzene rings is 1. The molecule has 0 fully saturated rings. The number of hydrogen-bond donors (Lipinski definition) is 3. The summed E-state index contributed by atoms with van der Waals surface area (Å²) in [5, 5.41) is 2.47. The van der Waals surface area contributed by atoms with E-state index in [-0.39, 0.29) is 6.61 Å². The maximum Gasteiger partial charge on any atom is 0.333 e. The van der Waals surface area contributed by atoms with Crippen LogP contribution in [0.1, 0.15) is 6.92 Å². The number of ether oxygens (including phenoxy) is 1. The summed E-state index contributed by atoms with van der Waals surface area (Å²) < 4.78 is 6.92. The van der Waals surface area contributed by atoms with E-state index in [1.807, 2.05) is 0 Å². The van der Waals surface area contributed by atoms with Gasteiger partial charge in [-0.05, 0) is 41.1 Å². The van der Waals surface area contributed by atoms with Crippen molar-refractivity contribution in [3.63, 3.8) is 0 Å². The van der Waals surface area contributed by atoms with Crippen molar-refractivity contribution >= 4 is 43.8 Å². The van der Waals surface area contributed by atoms with Gasteiger partial charge in [0, 0.05) is 11.0 Å². The highest BCUT2D eigenvalue weighted by Gasteiger charge is 2.07. The second-order valence-electron chi connectivity index (χ2n) is 3.40. The molecule has 104 valence electrons. The van der Waals surface area contributed by atoms with Crippen LogP contribution in [-0.2, 0) is 4.79 Å². The lowest BCUT2D eigenvalue weighted by atomic mass is 10.3. The van der Waals surface area contributed by atoms with Crippen molar-refractivity contribution in [2.45, 2.75) is 6.92 Å². The number of hydrogen-bond acceptors (Lipinski definition) is 3. The highest BCUT2D eigenvalue weighted by molar-refractivity contribution is 9.11. The van der Waals surface area contributed by atoms with Crippen molar-refractivity contribution < 1.29 is 14.3 Å². The summed E-state index contributed by atoms with van der Waals surface area (Å²) >= 11 is 6.63. The van der Waals surface area contributed by atoms with Crippen LogP contribution < -0.4 is 20.9 Å². The second-order valence-corrected chi connectivity index (χ2v) is 5.17. The number of carbonyl (C=O) groups is 2. The maximum absolute atomic E-state index is 11.4. The summed E-state index contributed by atoms with van der Waals surface area (Å²) in [4.78, 5) is 22.4. The van der Waals surface area contributed by atoms with Crippen molar-refractivity contribution in [2.75, 3.05) is 13.2 Å². The minimum Gasteiger partial charge on any atom is -0.483 e. The van der Waals surface area contributed by atoms with E-state index in [2.05, 4.69) is 48.0 Å². The van der Waals surface area contributed by atoms with Gasteiger partial charge in [0.1, 0.15) is 5.75 Å². The third-order valence-corrected chi connectivity index (χ3v) is 3.02. The normalized spacial score (nSPS) is 9.63. The van der Waals surface area contributed by atoms with Gasteiger partial charge in [-0.3, -0.25) is 10.2 Å². The lowest BCUT2D eigenvalue weighted by Crippen LogP contribution is -2.48. The lowest BCUT2D eigenvalue weighted by Gasteiger charge is -2.10. The number of rotatable bonds is 4. The van der Waals surface area contributed by atoms with E-state index >= 15 is 0 Å². The molecule has 0 heterocycles. The minimum atomic E-state index is -0.472. The van der Waals surface area contributed by atoms with Gasteiger partial charge in [0.05, 0.1) is 4.47 Å². The Labute approximate surface area is 127 Å². The van der Waals surface area contributed by atoms with Crippen LogP contribution in [0.15, 0.2) is 27.1 Å². The Balaban J connectivity index is 2.36. The molecule has 0 saturated carbocycles. The highest BCUT2D eigenvalue weighted by Crippen LogP contribution is 2.27. The van der Waals surface area contributed by atoms with Gasteiger partial charge in [-0.25, -0.2) is 10.2 Å². The van der Waals surface area contributed by atoms with Gasteiger partial charge < -0.3 is 10.1 Å². The monoisotopic (exact) mass is 393 g/mol. The third-order valence-electron chi connectivity index (χ3n) is 1.91. The summed E-state index contributed by atoms with van der Waals surface area (Å²) in [6.07, 6.45) is 0. The molecule has 0 aliphatic heterocycles. The molecule has 0 radical (unpaired) electrons. The first-order valence-corrected chi connectivity index (χ1v) is 7.02. The minimum absolute atomic E-state index is 0.202. The molecule has 0 aliphatic carbocycles. The Bertz CT molecular complexity index is 468. The predicted molar refractivity (Wildman–Crippen MR) is 77.7 cm³/mol. The fraction of sp³-hybridized carbons (Fsp3) is 0.273. The third kappa shape index (κ3) is 5.93. The molecule has 0 aliphatic rings. The Hall–Kier alpha value is -1.28.